The van der Waals surface area contributed by atoms with Crippen LogP contribution in [-0.2, 0) is 6.54 Å². The topological polar surface area (TPSA) is 28.2 Å². The fourth-order valence-corrected chi connectivity index (χ4v) is 2.46. The molecule has 0 radical (unpaired) electrons. The summed E-state index contributed by atoms with van der Waals surface area (Å²) in [6, 6.07) is 0.513. The smallest absolute Gasteiger partial charge is 0.185 e. The van der Waals surface area contributed by atoms with Crippen LogP contribution in [0.2, 0.25) is 0 Å². The SMILES string of the molecule is CSCCN(C)c1nc(CNC(C)C)cs1. The average Bonchev–Trinajstić information content (AvgIpc) is 2.71. The molecule has 0 saturated heterocycles. The summed E-state index contributed by atoms with van der Waals surface area (Å²) in [6.45, 7) is 6.23. The second-order valence-electron chi connectivity index (χ2n) is 4.07. The van der Waals surface area contributed by atoms with Gasteiger partial charge in [0.05, 0.1) is 5.69 Å². The van der Waals surface area contributed by atoms with Gasteiger partial charge in [0.1, 0.15) is 0 Å². The molecule has 1 aromatic heterocycles. The number of nitrogens with one attached hydrogen (secondary N) is 1. The van der Waals surface area contributed by atoms with Crippen molar-refractivity contribution >= 4 is 28.2 Å². The van der Waals surface area contributed by atoms with Crippen molar-refractivity contribution in [3.63, 3.8) is 0 Å². The normalized spacial score (nSPS) is 11.1. The van der Waals surface area contributed by atoms with Gasteiger partial charge in [0, 0.05) is 37.3 Å². The van der Waals surface area contributed by atoms with Gasteiger partial charge in [0.25, 0.3) is 0 Å². The molecular formula is C11H21N3S2. The van der Waals surface area contributed by atoms with E-state index in [0.717, 1.165) is 29.7 Å². The average molecular weight is 259 g/mol. The molecule has 1 heterocycles. The van der Waals surface area contributed by atoms with Crippen LogP contribution in [0.3, 0.4) is 0 Å². The fourth-order valence-electron chi connectivity index (χ4n) is 1.19. The van der Waals surface area contributed by atoms with Crippen molar-refractivity contribution < 1.29 is 0 Å². The summed E-state index contributed by atoms with van der Waals surface area (Å²) in [4.78, 5) is 6.83. The second-order valence-corrected chi connectivity index (χ2v) is 5.89. The minimum Gasteiger partial charge on any atom is -0.350 e. The first-order valence-corrected chi connectivity index (χ1v) is 7.78. The highest BCUT2D eigenvalue weighted by molar-refractivity contribution is 7.98. The molecule has 0 aromatic carbocycles. The first-order chi connectivity index (χ1) is 7.63. The Bertz CT molecular complexity index is 299. The van der Waals surface area contributed by atoms with Crippen molar-refractivity contribution in [2.45, 2.75) is 26.4 Å². The van der Waals surface area contributed by atoms with E-state index in [4.69, 9.17) is 0 Å². The summed E-state index contributed by atoms with van der Waals surface area (Å²) in [7, 11) is 2.11. The maximum Gasteiger partial charge on any atom is 0.185 e. The highest BCUT2D eigenvalue weighted by Crippen LogP contribution is 2.19. The van der Waals surface area contributed by atoms with Crippen LogP contribution < -0.4 is 10.2 Å². The molecular weight excluding hydrogens is 238 g/mol. The van der Waals surface area contributed by atoms with Gasteiger partial charge in [-0.1, -0.05) is 13.8 Å². The highest BCUT2D eigenvalue weighted by atomic mass is 32.2. The van der Waals surface area contributed by atoms with Crippen LogP contribution >= 0.6 is 23.1 Å². The molecule has 0 spiro atoms. The van der Waals surface area contributed by atoms with Crippen molar-refractivity contribution in [3.8, 4) is 0 Å². The van der Waals surface area contributed by atoms with E-state index in [0.29, 0.717) is 6.04 Å². The lowest BCUT2D eigenvalue weighted by molar-refractivity contribution is 0.583. The Morgan fingerprint density at radius 1 is 1.56 bits per heavy atom. The molecule has 0 bridgehead atoms. The van der Waals surface area contributed by atoms with Crippen molar-refractivity contribution in [1.29, 1.82) is 0 Å². The molecule has 0 aliphatic heterocycles. The van der Waals surface area contributed by atoms with Gasteiger partial charge in [0.2, 0.25) is 0 Å². The molecule has 0 amide bonds. The molecule has 92 valence electrons. The van der Waals surface area contributed by atoms with Gasteiger partial charge in [-0.15, -0.1) is 11.3 Å². The number of hydrogen-bond acceptors (Lipinski definition) is 5. The van der Waals surface area contributed by atoms with Gasteiger partial charge in [0.15, 0.2) is 5.13 Å². The largest absolute Gasteiger partial charge is 0.350 e. The highest BCUT2D eigenvalue weighted by Gasteiger charge is 2.06. The van der Waals surface area contributed by atoms with E-state index in [1.54, 1.807) is 11.3 Å². The molecule has 3 nitrogen and oxygen atoms in total. The summed E-state index contributed by atoms with van der Waals surface area (Å²) in [5, 5.41) is 6.64. The molecule has 16 heavy (non-hydrogen) atoms. The molecule has 0 aliphatic carbocycles. The first kappa shape index (κ1) is 13.8. The Morgan fingerprint density at radius 2 is 2.31 bits per heavy atom. The summed E-state index contributed by atoms with van der Waals surface area (Å²) in [5.41, 5.74) is 1.14. The van der Waals surface area contributed by atoms with Gasteiger partial charge in [-0.3, -0.25) is 0 Å². The van der Waals surface area contributed by atoms with E-state index in [1.165, 1.54) is 0 Å². The molecule has 5 heteroatoms. The van der Waals surface area contributed by atoms with Gasteiger partial charge < -0.3 is 10.2 Å². The fraction of sp³-hybridized carbons (Fsp3) is 0.727. The van der Waals surface area contributed by atoms with Crippen molar-refractivity contribution in [3.05, 3.63) is 11.1 Å². The molecule has 0 saturated carbocycles. The number of hydrogen-bond donors (Lipinski definition) is 1. The zero-order valence-corrected chi connectivity index (χ0v) is 12.1. The molecule has 0 unspecified atom stereocenters. The number of thioether (sulfide) groups is 1. The van der Waals surface area contributed by atoms with Crippen LogP contribution in [0.15, 0.2) is 5.38 Å². The number of aromatic nitrogens is 1. The van der Waals surface area contributed by atoms with Crippen LogP contribution in [0.5, 0.6) is 0 Å². The summed E-state index contributed by atoms with van der Waals surface area (Å²) < 4.78 is 0. The summed E-state index contributed by atoms with van der Waals surface area (Å²) >= 11 is 3.59. The summed E-state index contributed by atoms with van der Waals surface area (Å²) in [5.74, 6) is 1.15. The Labute approximate surface area is 107 Å². The van der Waals surface area contributed by atoms with Crippen molar-refractivity contribution in [1.82, 2.24) is 10.3 Å². The zero-order chi connectivity index (χ0) is 12.0. The van der Waals surface area contributed by atoms with Crippen LogP contribution in [0.25, 0.3) is 0 Å². The Morgan fingerprint density at radius 3 is 2.94 bits per heavy atom. The standard InChI is InChI=1S/C11H21N3S2/c1-9(2)12-7-10-8-16-11(13-10)14(3)5-6-15-4/h8-9,12H,5-7H2,1-4H3. The van der Waals surface area contributed by atoms with E-state index in [2.05, 4.69) is 47.7 Å². The van der Waals surface area contributed by atoms with Crippen LogP contribution in [0, 0.1) is 0 Å². The monoisotopic (exact) mass is 259 g/mol. The maximum atomic E-state index is 4.61. The molecule has 0 fully saturated rings. The van der Waals surface area contributed by atoms with E-state index >= 15 is 0 Å². The van der Waals surface area contributed by atoms with Crippen LogP contribution in [0.1, 0.15) is 19.5 Å². The third-order valence-corrected chi connectivity index (χ3v) is 3.78. The molecule has 0 atom stereocenters. The van der Waals surface area contributed by atoms with Gasteiger partial charge >= 0.3 is 0 Å². The number of rotatable bonds is 7. The van der Waals surface area contributed by atoms with Crippen molar-refractivity contribution in [2.24, 2.45) is 0 Å². The molecule has 0 aliphatic rings. The third kappa shape index (κ3) is 4.72. The van der Waals surface area contributed by atoms with Gasteiger partial charge in [-0.05, 0) is 6.26 Å². The molecule has 1 rings (SSSR count). The lowest BCUT2D eigenvalue weighted by Gasteiger charge is -2.14. The predicted octanol–water partition coefficient (Wildman–Crippen LogP) is 2.44. The van der Waals surface area contributed by atoms with E-state index in [-0.39, 0.29) is 0 Å². The zero-order valence-electron chi connectivity index (χ0n) is 10.5. The van der Waals surface area contributed by atoms with Crippen LogP contribution in [-0.4, -0.2) is 36.6 Å². The Balaban J connectivity index is 2.43. The van der Waals surface area contributed by atoms with E-state index in [1.807, 2.05) is 11.8 Å². The van der Waals surface area contributed by atoms with Crippen molar-refractivity contribution in [2.75, 3.05) is 30.5 Å². The molecule has 1 aromatic rings. The van der Waals surface area contributed by atoms with Gasteiger partial charge in [-0.2, -0.15) is 11.8 Å². The Kier molecular flexibility index (Phi) is 6.16. The van der Waals surface area contributed by atoms with E-state index in [9.17, 15) is 0 Å². The lowest BCUT2D eigenvalue weighted by atomic mass is 10.4. The van der Waals surface area contributed by atoms with E-state index < -0.39 is 0 Å². The minimum atomic E-state index is 0.513. The Hall–Kier alpha value is -0.260. The lowest BCUT2D eigenvalue weighted by Crippen LogP contribution is -2.22. The number of nitrogens with zero attached hydrogens (tertiary/aromatic N) is 2. The molecule has 1 N–H and O–H groups in total. The minimum absolute atomic E-state index is 0.513. The predicted molar refractivity (Wildman–Crippen MR) is 75.7 cm³/mol. The quantitative estimate of drug-likeness (QED) is 0.814. The maximum absolute atomic E-state index is 4.61. The number of thiazole rings is 1. The van der Waals surface area contributed by atoms with Gasteiger partial charge in [-0.25, -0.2) is 4.98 Å². The number of anilines is 1. The summed E-state index contributed by atoms with van der Waals surface area (Å²) in [6.07, 6.45) is 2.13. The second kappa shape index (κ2) is 7.14. The first-order valence-electron chi connectivity index (χ1n) is 5.51. The third-order valence-electron chi connectivity index (χ3n) is 2.19. The van der Waals surface area contributed by atoms with Crippen LogP contribution in [0.4, 0.5) is 5.13 Å².